The molecule has 1 rings (SSSR count). The Bertz CT molecular complexity index is 458. The molecule has 0 aliphatic rings. The molecule has 1 aromatic carbocycles. The lowest BCUT2D eigenvalue weighted by Crippen LogP contribution is -2.38. The minimum atomic E-state index is -0.224. The molecule has 0 aromatic heterocycles. The van der Waals surface area contributed by atoms with Crippen molar-refractivity contribution in [1.82, 2.24) is 5.32 Å². The molecule has 1 aromatic rings. The van der Waals surface area contributed by atoms with Gasteiger partial charge in [-0.15, -0.1) is 0 Å². The van der Waals surface area contributed by atoms with Gasteiger partial charge in [-0.2, -0.15) is 0 Å². The van der Waals surface area contributed by atoms with Crippen molar-refractivity contribution in [2.75, 3.05) is 5.32 Å². The van der Waals surface area contributed by atoms with Gasteiger partial charge in [0, 0.05) is 31.1 Å². The van der Waals surface area contributed by atoms with Gasteiger partial charge in [0.2, 0.25) is 11.8 Å². The lowest BCUT2D eigenvalue weighted by Gasteiger charge is -2.15. The number of benzene rings is 1. The summed E-state index contributed by atoms with van der Waals surface area (Å²) in [4.78, 5) is 22.7. The molecule has 0 heterocycles. The Kier molecular flexibility index (Phi) is 5.51. The molecule has 0 aliphatic carbocycles. The number of anilines is 1. The number of nitrogens with one attached hydrogen (secondary N) is 2. The van der Waals surface area contributed by atoms with Crippen molar-refractivity contribution in [2.24, 2.45) is 11.7 Å². The van der Waals surface area contributed by atoms with Crippen LogP contribution in [0.4, 0.5) is 5.69 Å². The van der Waals surface area contributed by atoms with Gasteiger partial charge in [0.15, 0.2) is 0 Å². The van der Waals surface area contributed by atoms with E-state index in [2.05, 4.69) is 10.6 Å². The van der Waals surface area contributed by atoms with Crippen molar-refractivity contribution < 1.29 is 9.59 Å². The Morgan fingerprint density at radius 2 is 2.00 bits per heavy atom. The third kappa shape index (κ3) is 5.09. The Morgan fingerprint density at radius 1 is 1.32 bits per heavy atom. The Balaban J connectivity index is 2.58. The fourth-order valence-electron chi connectivity index (χ4n) is 1.55. The van der Waals surface area contributed by atoms with E-state index in [9.17, 15) is 9.59 Å². The molecule has 0 aliphatic heterocycles. The molecular weight excluding hydrogens is 242 g/mol. The second-order valence-electron chi connectivity index (χ2n) is 4.75. The lowest BCUT2D eigenvalue weighted by molar-refractivity contribution is -0.125. The van der Waals surface area contributed by atoms with Gasteiger partial charge in [-0.05, 0) is 24.6 Å². The van der Waals surface area contributed by atoms with Gasteiger partial charge >= 0.3 is 0 Å². The van der Waals surface area contributed by atoms with Crippen LogP contribution in [0.2, 0.25) is 0 Å². The first-order chi connectivity index (χ1) is 8.90. The van der Waals surface area contributed by atoms with Crippen molar-refractivity contribution in [3.8, 4) is 0 Å². The third-order valence-corrected chi connectivity index (χ3v) is 2.92. The smallest absolute Gasteiger partial charge is 0.224 e. The normalized spacial score (nSPS) is 13.5. The highest BCUT2D eigenvalue weighted by Gasteiger charge is 2.16. The van der Waals surface area contributed by atoms with Gasteiger partial charge in [0.05, 0.1) is 0 Å². The molecule has 4 N–H and O–H groups in total. The van der Waals surface area contributed by atoms with Crippen LogP contribution in [0.3, 0.4) is 0 Å². The van der Waals surface area contributed by atoms with Gasteiger partial charge in [0.1, 0.15) is 0 Å². The van der Waals surface area contributed by atoms with E-state index in [-0.39, 0.29) is 23.8 Å². The first-order valence-corrected chi connectivity index (χ1v) is 6.30. The Hall–Kier alpha value is -1.88. The molecule has 0 radical (unpaired) electrons. The Labute approximate surface area is 113 Å². The van der Waals surface area contributed by atoms with E-state index in [0.29, 0.717) is 6.54 Å². The van der Waals surface area contributed by atoms with Crippen LogP contribution >= 0.6 is 0 Å². The summed E-state index contributed by atoms with van der Waals surface area (Å²) in [7, 11) is 0. The summed E-state index contributed by atoms with van der Waals surface area (Å²) >= 11 is 0. The van der Waals surface area contributed by atoms with Gasteiger partial charge in [-0.1, -0.05) is 19.1 Å². The number of hydrogen-bond donors (Lipinski definition) is 3. The van der Waals surface area contributed by atoms with Gasteiger partial charge < -0.3 is 16.4 Å². The summed E-state index contributed by atoms with van der Waals surface area (Å²) in [5.41, 5.74) is 7.33. The maximum atomic E-state index is 11.8. The average molecular weight is 263 g/mol. The standard InChI is InChI=1S/C14H21N3O2/c1-9(10(2)15)14(19)16-8-12-5-4-6-13(7-12)17-11(3)18/h4-7,9-10H,8,15H2,1-3H3,(H,16,19)(H,17,18). The fraction of sp³-hybridized carbons (Fsp3) is 0.429. The molecule has 0 spiro atoms. The van der Waals surface area contributed by atoms with E-state index in [1.54, 1.807) is 13.0 Å². The summed E-state index contributed by atoms with van der Waals surface area (Å²) in [6.45, 7) is 5.48. The number of carbonyl (C=O) groups excluding carboxylic acids is 2. The third-order valence-electron chi connectivity index (χ3n) is 2.92. The van der Waals surface area contributed by atoms with E-state index < -0.39 is 0 Å². The average Bonchev–Trinajstić information content (AvgIpc) is 2.34. The van der Waals surface area contributed by atoms with Crippen molar-refractivity contribution in [1.29, 1.82) is 0 Å². The van der Waals surface area contributed by atoms with Crippen molar-refractivity contribution in [3.05, 3.63) is 29.8 Å². The zero-order valence-electron chi connectivity index (χ0n) is 11.6. The number of amides is 2. The molecule has 2 amide bonds. The summed E-state index contributed by atoms with van der Waals surface area (Å²) in [6.07, 6.45) is 0. The van der Waals surface area contributed by atoms with E-state index >= 15 is 0 Å². The second kappa shape index (κ2) is 6.89. The van der Waals surface area contributed by atoms with Crippen LogP contribution in [0.15, 0.2) is 24.3 Å². The summed E-state index contributed by atoms with van der Waals surface area (Å²) in [5.74, 6) is -0.412. The SMILES string of the molecule is CC(=O)Nc1cccc(CNC(=O)C(C)C(C)N)c1. The zero-order chi connectivity index (χ0) is 14.4. The van der Waals surface area contributed by atoms with Crippen LogP contribution in [-0.2, 0) is 16.1 Å². The van der Waals surface area contributed by atoms with E-state index in [4.69, 9.17) is 5.73 Å². The first kappa shape index (κ1) is 15.2. The molecule has 0 saturated carbocycles. The molecule has 0 bridgehead atoms. The number of hydrogen-bond acceptors (Lipinski definition) is 3. The van der Waals surface area contributed by atoms with Crippen LogP contribution in [0.25, 0.3) is 0 Å². The van der Waals surface area contributed by atoms with Crippen LogP contribution in [0.1, 0.15) is 26.3 Å². The molecule has 0 fully saturated rings. The lowest BCUT2D eigenvalue weighted by atomic mass is 10.0. The molecule has 5 nitrogen and oxygen atoms in total. The highest BCUT2D eigenvalue weighted by molar-refractivity contribution is 5.88. The highest BCUT2D eigenvalue weighted by atomic mass is 16.2. The van der Waals surface area contributed by atoms with E-state index in [0.717, 1.165) is 11.3 Å². The molecule has 5 heteroatoms. The monoisotopic (exact) mass is 263 g/mol. The molecular formula is C14H21N3O2. The number of nitrogens with two attached hydrogens (primary N) is 1. The maximum absolute atomic E-state index is 11.8. The van der Waals surface area contributed by atoms with Gasteiger partial charge in [-0.25, -0.2) is 0 Å². The van der Waals surface area contributed by atoms with Crippen molar-refractivity contribution in [2.45, 2.75) is 33.4 Å². The molecule has 104 valence electrons. The minimum absolute atomic E-state index is 0.0695. The molecule has 2 unspecified atom stereocenters. The van der Waals surface area contributed by atoms with Crippen LogP contribution in [-0.4, -0.2) is 17.9 Å². The first-order valence-electron chi connectivity index (χ1n) is 6.30. The van der Waals surface area contributed by atoms with Crippen LogP contribution in [0, 0.1) is 5.92 Å². The summed E-state index contributed by atoms with van der Waals surface area (Å²) in [5, 5.41) is 5.53. The maximum Gasteiger partial charge on any atom is 0.224 e. The predicted molar refractivity (Wildman–Crippen MR) is 75.4 cm³/mol. The largest absolute Gasteiger partial charge is 0.352 e. The second-order valence-corrected chi connectivity index (χ2v) is 4.75. The van der Waals surface area contributed by atoms with Crippen molar-refractivity contribution in [3.63, 3.8) is 0 Å². The number of rotatable bonds is 5. The van der Waals surface area contributed by atoms with Gasteiger partial charge in [0.25, 0.3) is 0 Å². The Morgan fingerprint density at radius 3 is 2.58 bits per heavy atom. The van der Waals surface area contributed by atoms with E-state index in [1.165, 1.54) is 6.92 Å². The van der Waals surface area contributed by atoms with Crippen LogP contribution < -0.4 is 16.4 Å². The molecule has 2 atom stereocenters. The zero-order valence-corrected chi connectivity index (χ0v) is 11.6. The summed E-state index contributed by atoms with van der Waals surface area (Å²) < 4.78 is 0. The fourth-order valence-corrected chi connectivity index (χ4v) is 1.55. The molecule has 0 saturated heterocycles. The minimum Gasteiger partial charge on any atom is -0.352 e. The highest BCUT2D eigenvalue weighted by Crippen LogP contribution is 2.10. The van der Waals surface area contributed by atoms with E-state index in [1.807, 2.05) is 25.1 Å². The molecule has 19 heavy (non-hydrogen) atoms. The number of carbonyl (C=O) groups is 2. The topological polar surface area (TPSA) is 84.2 Å². The predicted octanol–water partition coefficient (Wildman–Crippen LogP) is 1.24. The van der Waals surface area contributed by atoms with Gasteiger partial charge in [-0.3, -0.25) is 9.59 Å². The quantitative estimate of drug-likeness (QED) is 0.747. The van der Waals surface area contributed by atoms with Crippen LogP contribution in [0.5, 0.6) is 0 Å². The van der Waals surface area contributed by atoms with Crippen molar-refractivity contribution >= 4 is 17.5 Å². The summed E-state index contributed by atoms with van der Waals surface area (Å²) in [6, 6.07) is 7.19.